The molecule has 3 aromatic rings. The van der Waals surface area contributed by atoms with Crippen LogP contribution in [0.4, 0.5) is 5.69 Å². The predicted octanol–water partition coefficient (Wildman–Crippen LogP) is 2.58. The van der Waals surface area contributed by atoms with E-state index in [4.69, 9.17) is 0 Å². The number of anilines is 1. The third-order valence-electron chi connectivity index (χ3n) is 4.41. The summed E-state index contributed by atoms with van der Waals surface area (Å²) in [6.07, 6.45) is 0. The number of hydrogen-bond acceptors (Lipinski definition) is 3. The van der Waals surface area contributed by atoms with E-state index in [0.29, 0.717) is 23.1 Å². The van der Waals surface area contributed by atoms with Crippen LogP contribution >= 0.6 is 0 Å². The molecule has 0 unspecified atom stereocenters. The van der Waals surface area contributed by atoms with Crippen LogP contribution in [0, 0.1) is 13.8 Å². The van der Waals surface area contributed by atoms with Gasteiger partial charge in [0.05, 0.1) is 11.0 Å². The monoisotopic (exact) mass is 337 g/mol. The van der Waals surface area contributed by atoms with Gasteiger partial charge in [0.1, 0.15) is 0 Å². The molecule has 25 heavy (non-hydrogen) atoms. The van der Waals surface area contributed by atoms with Gasteiger partial charge in [-0.3, -0.25) is 14.4 Å². The summed E-state index contributed by atoms with van der Waals surface area (Å²) in [4.78, 5) is 38.8. The van der Waals surface area contributed by atoms with Crippen LogP contribution < -0.4 is 16.4 Å². The molecule has 0 spiro atoms. The lowest BCUT2D eigenvalue weighted by Gasteiger charge is -2.11. The Morgan fingerprint density at radius 1 is 1.16 bits per heavy atom. The Morgan fingerprint density at radius 3 is 2.64 bits per heavy atom. The number of aromatic amines is 1. The Balaban J connectivity index is 2.03. The van der Waals surface area contributed by atoms with Gasteiger partial charge < -0.3 is 14.9 Å². The fourth-order valence-electron chi connectivity index (χ4n) is 2.82. The normalized spacial score (nSPS) is 10.8. The highest BCUT2D eigenvalue weighted by Crippen LogP contribution is 2.19. The topological polar surface area (TPSA) is 84.0 Å². The van der Waals surface area contributed by atoms with Crippen LogP contribution in [0.1, 0.15) is 28.4 Å². The number of rotatable bonds is 3. The second-order valence-corrected chi connectivity index (χ2v) is 5.94. The van der Waals surface area contributed by atoms with Crippen molar-refractivity contribution in [3.63, 3.8) is 0 Å². The molecular weight excluding hydrogens is 318 g/mol. The van der Waals surface area contributed by atoms with Gasteiger partial charge >= 0.3 is 11.1 Å². The molecule has 0 bridgehead atoms. The molecule has 0 aliphatic carbocycles. The predicted molar refractivity (Wildman–Crippen MR) is 98.4 cm³/mol. The molecule has 1 amide bonds. The first-order valence-corrected chi connectivity index (χ1v) is 8.06. The number of fused-ring (bicyclic) bond motifs is 1. The van der Waals surface area contributed by atoms with Crippen molar-refractivity contribution in [2.75, 3.05) is 5.32 Å². The maximum absolute atomic E-state index is 12.6. The number of nitrogens with zero attached hydrogens (tertiary/aromatic N) is 1. The Bertz CT molecular complexity index is 1090. The van der Waals surface area contributed by atoms with Crippen LogP contribution in [0.25, 0.3) is 11.0 Å². The molecule has 0 radical (unpaired) electrons. The highest BCUT2D eigenvalue weighted by atomic mass is 16.2. The van der Waals surface area contributed by atoms with Crippen LogP contribution in [0.5, 0.6) is 0 Å². The maximum atomic E-state index is 12.6. The lowest BCUT2D eigenvalue weighted by atomic mass is 10.1. The number of carbonyl (C=O) groups excluding carboxylic acids is 1. The van der Waals surface area contributed by atoms with E-state index < -0.39 is 11.1 Å². The smallest absolute Gasteiger partial charge is 0.316 e. The van der Waals surface area contributed by atoms with Crippen LogP contribution in [-0.4, -0.2) is 15.5 Å². The summed E-state index contributed by atoms with van der Waals surface area (Å²) < 4.78 is 1.39. The van der Waals surface area contributed by atoms with Gasteiger partial charge in [0.2, 0.25) is 0 Å². The standard InChI is InChI=1S/C19H19N3O3/c1-4-22-16-9-8-13(10-15(16)21-18(24)19(22)25)17(23)20-14-7-5-6-11(2)12(14)3/h5-10H,4H2,1-3H3,(H,20,23)(H,21,24). The number of amides is 1. The van der Waals surface area contributed by atoms with E-state index in [-0.39, 0.29) is 5.91 Å². The van der Waals surface area contributed by atoms with Crippen LogP contribution in [0.2, 0.25) is 0 Å². The lowest BCUT2D eigenvalue weighted by molar-refractivity contribution is 0.102. The quantitative estimate of drug-likeness (QED) is 0.721. The van der Waals surface area contributed by atoms with Crippen molar-refractivity contribution < 1.29 is 4.79 Å². The summed E-state index contributed by atoms with van der Waals surface area (Å²) in [7, 11) is 0. The lowest BCUT2D eigenvalue weighted by Crippen LogP contribution is -2.36. The van der Waals surface area contributed by atoms with Gasteiger partial charge in [0.15, 0.2) is 0 Å². The minimum Gasteiger partial charge on any atom is -0.322 e. The van der Waals surface area contributed by atoms with Gasteiger partial charge in [0.25, 0.3) is 5.91 Å². The van der Waals surface area contributed by atoms with E-state index in [1.165, 1.54) is 4.57 Å². The Morgan fingerprint density at radius 2 is 1.92 bits per heavy atom. The molecule has 0 aliphatic rings. The van der Waals surface area contributed by atoms with Crippen molar-refractivity contribution >= 4 is 22.6 Å². The minimum absolute atomic E-state index is 0.273. The number of H-pyrrole nitrogens is 1. The fraction of sp³-hybridized carbons (Fsp3) is 0.211. The first kappa shape index (κ1) is 16.7. The third-order valence-corrected chi connectivity index (χ3v) is 4.41. The largest absolute Gasteiger partial charge is 0.322 e. The molecule has 0 fully saturated rings. The molecule has 1 aromatic heterocycles. The molecular formula is C19H19N3O3. The summed E-state index contributed by atoms with van der Waals surface area (Å²) in [5.74, 6) is -0.273. The molecule has 3 rings (SSSR count). The van der Waals surface area contributed by atoms with Crippen LogP contribution in [0.15, 0.2) is 46.0 Å². The molecule has 0 aliphatic heterocycles. The average molecular weight is 337 g/mol. The van der Waals surface area contributed by atoms with Gasteiger partial charge in [-0.1, -0.05) is 12.1 Å². The van der Waals surface area contributed by atoms with Gasteiger partial charge in [-0.05, 0) is 56.2 Å². The SMILES string of the molecule is CCn1c(=O)c(=O)[nH]c2cc(C(=O)Nc3cccc(C)c3C)ccc21. The molecule has 2 aromatic carbocycles. The van der Waals surface area contributed by atoms with E-state index in [1.807, 2.05) is 32.0 Å². The Hall–Kier alpha value is -3.15. The van der Waals surface area contributed by atoms with Crippen molar-refractivity contribution in [2.45, 2.75) is 27.3 Å². The fourth-order valence-corrected chi connectivity index (χ4v) is 2.82. The number of aryl methyl sites for hydroxylation is 2. The Kier molecular flexibility index (Phi) is 4.27. The second kappa shape index (κ2) is 6.39. The first-order valence-electron chi connectivity index (χ1n) is 8.06. The van der Waals surface area contributed by atoms with Crippen molar-refractivity contribution in [1.29, 1.82) is 0 Å². The van der Waals surface area contributed by atoms with Gasteiger partial charge in [-0.25, -0.2) is 0 Å². The number of hydrogen-bond donors (Lipinski definition) is 2. The molecule has 2 N–H and O–H groups in total. The molecule has 6 heteroatoms. The van der Waals surface area contributed by atoms with Crippen molar-refractivity contribution in [2.24, 2.45) is 0 Å². The van der Waals surface area contributed by atoms with Gasteiger partial charge in [0, 0.05) is 17.8 Å². The van der Waals surface area contributed by atoms with Gasteiger partial charge in [-0.15, -0.1) is 0 Å². The average Bonchev–Trinajstić information content (AvgIpc) is 2.59. The van der Waals surface area contributed by atoms with Crippen molar-refractivity contribution in [3.05, 3.63) is 73.8 Å². The molecule has 1 heterocycles. The molecule has 0 saturated carbocycles. The Labute approximate surface area is 144 Å². The summed E-state index contributed by atoms with van der Waals surface area (Å²) in [6.45, 7) is 6.10. The zero-order chi connectivity index (χ0) is 18.1. The van der Waals surface area contributed by atoms with Crippen LogP contribution in [0.3, 0.4) is 0 Å². The number of aromatic nitrogens is 2. The van der Waals surface area contributed by atoms with E-state index in [9.17, 15) is 14.4 Å². The second-order valence-electron chi connectivity index (χ2n) is 5.94. The van der Waals surface area contributed by atoms with E-state index in [2.05, 4.69) is 10.3 Å². The minimum atomic E-state index is -0.693. The number of nitrogens with one attached hydrogen (secondary N) is 2. The molecule has 6 nitrogen and oxygen atoms in total. The van der Waals surface area contributed by atoms with Crippen molar-refractivity contribution in [1.82, 2.24) is 9.55 Å². The number of benzene rings is 2. The zero-order valence-corrected chi connectivity index (χ0v) is 14.3. The molecule has 0 atom stereocenters. The first-order chi connectivity index (χ1) is 11.9. The summed E-state index contributed by atoms with van der Waals surface area (Å²) in [5, 5.41) is 2.89. The highest BCUT2D eigenvalue weighted by molar-refractivity contribution is 6.06. The summed E-state index contributed by atoms with van der Waals surface area (Å²) in [5.41, 5.74) is 3.01. The van der Waals surface area contributed by atoms with E-state index in [0.717, 1.165) is 16.8 Å². The molecule has 0 saturated heterocycles. The van der Waals surface area contributed by atoms with E-state index >= 15 is 0 Å². The van der Waals surface area contributed by atoms with Gasteiger partial charge in [-0.2, -0.15) is 0 Å². The van der Waals surface area contributed by atoms with Crippen molar-refractivity contribution in [3.8, 4) is 0 Å². The van der Waals surface area contributed by atoms with Crippen LogP contribution in [-0.2, 0) is 6.54 Å². The third kappa shape index (κ3) is 2.98. The zero-order valence-electron chi connectivity index (χ0n) is 14.3. The number of carbonyl (C=O) groups is 1. The maximum Gasteiger partial charge on any atom is 0.316 e. The highest BCUT2D eigenvalue weighted by Gasteiger charge is 2.12. The van der Waals surface area contributed by atoms with E-state index in [1.54, 1.807) is 25.1 Å². The summed E-state index contributed by atoms with van der Waals surface area (Å²) in [6, 6.07) is 10.6. The summed E-state index contributed by atoms with van der Waals surface area (Å²) >= 11 is 0. The molecule has 128 valence electrons.